The summed E-state index contributed by atoms with van der Waals surface area (Å²) in [4.78, 5) is 24.6. The first-order chi connectivity index (χ1) is 13.2. The number of amides is 2. The normalized spacial score (nSPS) is 12.5. The second-order valence-corrected chi connectivity index (χ2v) is 8.14. The van der Waals surface area contributed by atoms with E-state index in [0.29, 0.717) is 12.0 Å². The van der Waals surface area contributed by atoms with Crippen LogP contribution >= 0.6 is 0 Å². The van der Waals surface area contributed by atoms with Crippen LogP contribution in [0.3, 0.4) is 0 Å². The zero-order valence-electron chi connectivity index (χ0n) is 16.5. The number of fused-ring (bicyclic) bond motifs is 1. The van der Waals surface area contributed by atoms with Crippen LogP contribution in [0.1, 0.15) is 42.3 Å². The van der Waals surface area contributed by atoms with E-state index in [9.17, 15) is 9.59 Å². The molecule has 4 nitrogen and oxygen atoms in total. The molecular weight excluding hydrogens is 348 g/mol. The summed E-state index contributed by atoms with van der Waals surface area (Å²) >= 11 is 0. The fourth-order valence-corrected chi connectivity index (χ4v) is 3.17. The molecule has 3 aromatic rings. The van der Waals surface area contributed by atoms with Gasteiger partial charge in [0, 0.05) is 12.0 Å². The first kappa shape index (κ1) is 19.6. The lowest BCUT2D eigenvalue weighted by molar-refractivity contribution is -0.119. The van der Waals surface area contributed by atoms with Gasteiger partial charge in [0.25, 0.3) is 5.91 Å². The number of hydrogen-bond donors (Lipinski definition) is 2. The van der Waals surface area contributed by atoms with E-state index in [1.807, 2.05) is 48.5 Å². The van der Waals surface area contributed by atoms with Crippen molar-refractivity contribution >= 4 is 22.6 Å². The molecule has 0 aromatic heterocycles. The highest BCUT2D eigenvalue weighted by atomic mass is 16.2. The van der Waals surface area contributed by atoms with Crippen molar-refractivity contribution in [1.82, 2.24) is 5.32 Å². The molecule has 0 saturated heterocycles. The Labute approximate surface area is 165 Å². The standard InChI is InChI=1S/C24H26N2O2/c1-24(2,3)20-12-8-16(9-13-20)14-21(22(25)27)26-23(28)19-11-10-17-6-4-5-7-18(17)15-19/h4-13,15,21H,14H2,1-3H3,(H2,25,27)(H,26,28)/t21-/m0/s1. The Balaban J connectivity index is 1.75. The van der Waals surface area contributed by atoms with Gasteiger partial charge in [-0.2, -0.15) is 0 Å². The minimum absolute atomic E-state index is 0.0614. The highest BCUT2D eigenvalue weighted by molar-refractivity contribution is 6.00. The molecule has 0 unspecified atom stereocenters. The van der Waals surface area contributed by atoms with Crippen LogP contribution in [0.2, 0.25) is 0 Å². The third-order valence-electron chi connectivity index (χ3n) is 4.92. The van der Waals surface area contributed by atoms with Crippen molar-refractivity contribution in [2.24, 2.45) is 5.73 Å². The van der Waals surface area contributed by atoms with E-state index in [0.717, 1.165) is 16.3 Å². The number of carbonyl (C=O) groups excluding carboxylic acids is 2. The Morgan fingerprint density at radius 2 is 1.57 bits per heavy atom. The second-order valence-electron chi connectivity index (χ2n) is 8.14. The number of nitrogens with two attached hydrogens (primary N) is 1. The summed E-state index contributed by atoms with van der Waals surface area (Å²) in [5, 5.41) is 4.81. The monoisotopic (exact) mass is 374 g/mol. The summed E-state index contributed by atoms with van der Waals surface area (Å²) in [6, 6.07) is 20.6. The first-order valence-corrected chi connectivity index (χ1v) is 9.42. The van der Waals surface area contributed by atoms with Crippen molar-refractivity contribution in [3.63, 3.8) is 0 Å². The molecule has 3 N–H and O–H groups in total. The summed E-state index contributed by atoms with van der Waals surface area (Å²) in [7, 11) is 0. The molecule has 0 aliphatic heterocycles. The molecule has 4 heteroatoms. The van der Waals surface area contributed by atoms with E-state index in [2.05, 4.69) is 38.2 Å². The smallest absolute Gasteiger partial charge is 0.251 e. The van der Waals surface area contributed by atoms with Gasteiger partial charge in [-0.25, -0.2) is 0 Å². The molecule has 0 heterocycles. The van der Waals surface area contributed by atoms with E-state index < -0.39 is 11.9 Å². The third-order valence-corrected chi connectivity index (χ3v) is 4.92. The molecule has 0 aliphatic carbocycles. The number of hydrogen-bond acceptors (Lipinski definition) is 2. The molecule has 0 fully saturated rings. The number of carbonyl (C=O) groups is 2. The molecular formula is C24H26N2O2. The Kier molecular flexibility index (Phi) is 5.50. The molecule has 0 saturated carbocycles. The lowest BCUT2D eigenvalue weighted by Gasteiger charge is -2.20. The van der Waals surface area contributed by atoms with Crippen molar-refractivity contribution in [2.75, 3.05) is 0 Å². The SMILES string of the molecule is CC(C)(C)c1ccc(C[C@H](NC(=O)c2ccc3ccccc3c2)C(N)=O)cc1. The minimum atomic E-state index is -0.764. The molecule has 0 spiro atoms. The molecule has 144 valence electrons. The van der Waals surface area contributed by atoms with Crippen LogP contribution in [0.15, 0.2) is 66.7 Å². The van der Waals surface area contributed by atoms with Gasteiger partial charge >= 0.3 is 0 Å². The zero-order chi connectivity index (χ0) is 20.3. The molecule has 1 atom stereocenters. The van der Waals surface area contributed by atoms with Crippen molar-refractivity contribution in [3.05, 3.63) is 83.4 Å². The summed E-state index contributed by atoms with van der Waals surface area (Å²) in [5.41, 5.74) is 8.28. The molecule has 2 amide bonds. The Morgan fingerprint density at radius 3 is 2.18 bits per heavy atom. The van der Waals surface area contributed by atoms with Gasteiger partial charge in [0.05, 0.1) is 0 Å². The van der Waals surface area contributed by atoms with Crippen LogP contribution in [-0.4, -0.2) is 17.9 Å². The van der Waals surface area contributed by atoms with Gasteiger partial charge in [0.2, 0.25) is 5.91 Å². The van der Waals surface area contributed by atoms with E-state index in [-0.39, 0.29) is 11.3 Å². The summed E-state index contributed by atoms with van der Waals surface area (Å²) in [5.74, 6) is -0.852. The van der Waals surface area contributed by atoms with Gasteiger partial charge in [0.15, 0.2) is 0 Å². The third kappa shape index (κ3) is 4.58. The lowest BCUT2D eigenvalue weighted by Crippen LogP contribution is -2.45. The summed E-state index contributed by atoms with van der Waals surface area (Å²) in [6.07, 6.45) is 0.360. The molecule has 0 bridgehead atoms. The van der Waals surface area contributed by atoms with Gasteiger partial charge in [-0.15, -0.1) is 0 Å². The second kappa shape index (κ2) is 7.85. The first-order valence-electron chi connectivity index (χ1n) is 9.42. The van der Waals surface area contributed by atoms with Crippen molar-refractivity contribution in [2.45, 2.75) is 38.6 Å². The quantitative estimate of drug-likeness (QED) is 0.709. The van der Waals surface area contributed by atoms with Crippen LogP contribution in [0, 0.1) is 0 Å². The summed E-state index contributed by atoms with van der Waals surface area (Å²) < 4.78 is 0. The molecule has 0 radical (unpaired) electrons. The number of benzene rings is 3. The molecule has 3 aromatic carbocycles. The van der Waals surface area contributed by atoms with Crippen LogP contribution in [0.25, 0.3) is 10.8 Å². The maximum atomic E-state index is 12.7. The summed E-state index contributed by atoms with van der Waals surface area (Å²) in [6.45, 7) is 6.45. The van der Waals surface area contributed by atoms with Crippen molar-refractivity contribution < 1.29 is 9.59 Å². The minimum Gasteiger partial charge on any atom is -0.368 e. The van der Waals surface area contributed by atoms with Gasteiger partial charge in [-0.05, 0) is 39.4 Å². The Morgan fingerprint density at radius 1 is 0.929 bits per heavy atom. The van der Waals surface area contributed by atoms with Crippen molar-refractivity contribution in [1.29, 1.82) is 0 Å². The maximum Gasteiger partial charge on any atom is 0.251 e. The van der Waals surface area contributed by atoms with Crippen LogP contribution in [0.5, 0.6) is 0 Å². The molecule has 28 heavy (non-hydrogen) atoms. The van der Waals surface area contributed by atoms with Gasteiger partial charge in [0.1, 0.15) is 6.04 Å². The average Bonchev–Trinajstić information content (AvgIpc) is 2.66. The van der Waals surface area contributed by atoms with Crippen LogP contribution < -0.4 is 11.1 Å². The van der Waals surface area contributed by atoms with E-state index >= 15 is 0 Å². The Bertz CT molecular complexity index is 1000. The predicted octanol–water partition coefficient (Wildman–Crippen LogP) is 3.96. The number of nitrogens with one attached hydrogen (secondary N) is 1. The number of primary amides is 1. The Hall–Kier alpha value is -3.14. The number of rotatable bonds is 5. The highest BCUT2D eigenvalue weighted by Crippen LogP contribution is 2.22. The fraction of sp³-hybridized carbons (Fsp3) is 0.250. The van der Waals surface area contributed by atoms with Crippen LogP contribution in [-0.2, 0) is 16.6 Å². The van der Waals surface area contributed by atoms with Crippen molar-refractivity contribution in [3.8, 4) is 0 Å². The fourth-order valence-electron chi connectivity index (χ4n) is 3.17. The predicted molar refractivity (Wildman–Crippen MR) is 113 cm³/mol. The topological polar surface area (TPSA) is 72.2 Å². The largest absolute Gasteiger partial charge is 0.368 e. The highest BCUT2D eigenvalue weighted by Gasteiger charge is 2.20. The average molecular weight is 374 g/mol. The zero-order valence-corrected chi connectivity index (χ0v) is 16.5. The molecule has 0 aliphatic rings. The van der Waals surface area contributed by atoms with Gasteiger partial charge in [-0.3, -0.25) is 9.59 Å². The van der Waals surface area contributed by atoms with Gasteiger partial charge in [-0.1, -0.05) is 75.4 Å². The van der Waals surface area contributed by atoms with E-state index in [1.54, 1.807) is 6.07 Å². The molecule has 3 rings (SSSR count). The van der Waals surface area contributed by atoms with Crippen LogP contribution in [0.4, 0.5) is 0 Å². The lowest BCUT2D eigenvalue weighted by atomic mass is 9.86. The van der Waals surface area contributed by atoms with Gasteiger partial charge < -0.3 is 11.1 Å². The van der Waals surface area contributed by atoms with E-state index in [4.69, 9.17) is 5.73 Å². The van der Waals surface area contributed by atoms with E-state index in [1.165, 1.54) is 5.56 Å². The maximum absolute atomic E-state index is 12.7.